The summed E-state index contributed by atoms with van der Waals surface area (Å²) in [5, 5.41) is 0. The van der Waals surface area contributed by atoms with E-state index in [0.717, 1.165) is 0 Å². The van der Waals surface area contributed by atoms with Gasteiger partial charge in [0.1, 0.15) is 0 Å². The maximum absolute atomic E-state index is 3.36. The standard InChI is InChI=1S/C4H6.Cu.Li.H/c1-3-4-2;;;/h3-4H,1-2H2;;;/q;;+1;-1. The van der Waals surface area contributed by atoms with Crippen LogP contribution in [0.2, 0.25) is 0 Å². The Hall–Kier alpha value is 0.597. The minimum absolute atomic E-state index is 0. The summed E-state index contributed by atoms with van der Waals surface area (Å²) in [5.41, 5.74) is 0. The zero-order valence-electron chi connectivity index (χ0n) is 4.87. The molecule has 0 saturated heterocycles. The third kappa shape index (κ3) is 23.3. The molecule has 0 saturated carbocycles. The molecule has 0 rings (SSSR count). The fourth-order valence-electron chi connectivity index (χ4n) is 0. The molecule has 0 aromatic rings. The molecule has 0 N–H and O–H groups in total. The molecule has 0 unspecified atom stereocenters. The third-order valence-corrected chi connectivity index (χ3v) is 0.167. The largest absolute Gasteiger partial charge is 1.00 e. The van der Waals surface area contributed by atoms with E-state index in [1.165, 1.54) is 0 Å². The second kappa shape index (κ2) is 17.5. The van der Waals surface area contributed by atoms with E-state index in [2.05, 4.69) is 13.2 Å². The molecule has 1 radical (unpaired) electrons. The summed E-state index contributed by atoms with van der Waals surface area (Å²) < 4.78 is 0. The second-order valence-electron chi connectivity index (χ2n) is 0.471. The molecule has 0 atom stereocenters. The van der Waals surface area contributed by atoms with Crippen LogP contribution in [0.5, 0.6) is 0 Å². The fourth-order valence-corrected chi connectivity index (χ4v) is 0. The topological polar surface area (TPSA) is 0 Å². The molecule has 0 aliphatic heterocycles. The van der Waals surface area contributed by atoms with Gasteiger partial charge in [-0.3, -0.25) is 0 Å². The first-order valence-electron chi connectivity index (χ1n) is 1.15. The molecular formula is C4H7CuLi. The summed E-state index contributed by atoms with van der Waals surface area (Å²) in [5.74, 6) is 0. The smallest absolute Gasteiger partial charge is 1.00 e. The van der Waals surface area contributed by atoms with Gasteiger partial charge in [0.05, 0.1) is 0 Å². The van der Waals surface area contributed by atoms with Crippen molar-refractivity contribution in [2.45, 2.75) is 0 Å². The molecule has 6 heavy (non-hydrogen) atoms. The van der Waals surface area contributed by atoms with Crippen LogP contribution >= 0.6 is 0 Å². The van der Waals surface area contributed by atoms with Crippen LogP contribution in [0.4, 0.5) is 0 Å². The van der Waals surface area contributed by atoms with Gasteiger partial charge in [-0.15, -0.1) is 0 Å². The summed E-state index contributed by atoms with van der Waals surface area (Å²) in [6, 6.07) is 0. The van der Waals surface area contributed by atoms with Gasteiger partial charge in [-0.05, 0) is 0 Å². The predicted octanol–water partition coefficient (Wildman–Crippen LogP) is -1.53. The Bertz CT molecular complexity index is 32.7. The third-order valence-electron chi connectivity index (χ3n) is 0.167. The van der Waals surface area contributed by atoms with Crippen molar-refractivity contribution in [3.63, 3.8) is 0 Å². The van der Waals surface area contributed by atoms with Gasteiger partial charge in [0.25, 0.3) is 0 Å². The Kier molecular flexibility index (Phi) is 46.7. The SMILES string of the molecule is C=CC=C.[Cu].[H-].[Li+]. The molecule has 0 amide bonds. The van der Waals surface area contributed by atoms with Crippen LogP contribution in [0.1, 0.15) is 1.43 Å². The van der Waals surface area contributed by atoms with Gasteiger partial charge in [0.15, 0.2) is 0 Å². The van der Waals surface area contributed by atoms with Gasteiger partial charge in [0, 0.05) is 17.1 Å². The minimum atomic E-state index is 0. The van der Waals surface area contributed by atoms with Crippen molar-refractivity contribution in [1.82, 2.24) is 0 Å². The van der Waals surface area contributed by atoms with Gasteiger partial charge < -0.3 is 1.43 Å². The zero-order chi connectivity index (χ0) is 3.41. The molecule has 0 bridgehead atoms. The molecular weight excluding hydrogens is 119 g/mol. The van der Waals surface area contributed by atoms with E-state index >= 15 is 0 Å². The first-order chi connectivity index (χ1) is 1.91. The van der Waals surface area contributed by atoms with Gasteiger partial charge in [-0.25, -0.2) is 0 Å². The number of hydrogen-bond donors (Lipinski definition) is 0. The molecule has 0 spiro atoms. The molecule has 0 aliphatic carbocycles. The average Bonchev–Trinajstić information content (AvgIpc) is 1.37. The molecule has 2 heteroatoms. The van der Waals surface area contributed by atoms with Crippen molar-refractivity contribution in [1.29, 1.82) is 0 Å². The second-order valence-corrected chi connectivity index (χ2v) is 0.471. The summed E-state index contributed by atoms with van der Waals surface area (Å²) >= 11 is 0. The van der Waals surface area contributed by atoms with Crippen molar-refractivity contribution in [3.05, 3.63) is 25.3 Å². The van der Waals surface area contributed by atoms with E-state index < -0.39 is 0 Å². The molecule has 0 nitrogen and oxygen atoms in total. The molecule has 35 valence electrons. The average molecular weight is 126 g/mol. The van der Waals surface area contributed by atoms with Crippen molar-refractivity contribution in [2.75, 3.05) is 0 Å². The number of hydrogen-bond acceptors (Lipinski definition) is 0. The van der Waals surface area contributed by atoms with Crippen molar-refractivity contribution < 1.29 is 37.4 Å². The molecule has 0 fully saturated rings. The Labute approximate surface area is 62.8 Å². The van der Waals surface area contributed by atoms with E-state index in [9.17, 15) is 0 Å². The Morgan fingerprint density at radius 1 is 1.17 bits per heavy atom. The van der Waals surface area contributed by atoms with Crippen molar-refractivity contribution >= 4 is 0 Å². The van der Waals surface area contributed by atoms with Gasteiger partial charge in [-0.1, -0.05) is 25.3 Å². The normalized spacial score (nSPS) is 3.33. The Balaban J connectivity index is -0.0000000150. The van der Waals surface area contributed by atoms with E-state index in [0.29, 0.717) is 0 Å². The minimum Gasteiger partial charge on any atom is -1.00 e. The fraction of sp³-hybridized carbons (Fsp3) is 0. The first-order valence-corrected chi connectivity index (χ1v) is 1.15. The number of rotatable bonds is 1. The van der Waals surface area contributed by atoms with E-state index in [-0.39, 0.29) is 37.4 Å². The van der Waals surface area contributed by atoms with Crippen LogP contribution < -0.4 is 18.9 Å². The summed E-state index contributed by atoms with van der Waals surface area (Å²) in [6.07, 6.45) is 3.28. The quantitative estimate of drug-likeness (QED) is 0.295. The summed E-state index contributed by atoms with van der Waals surface area (Å²) in [6.45, 7) is 6.72. The molecule has 0 aromatic heterocycles. The Morgan fingerprint density at radius 2 is 1.33 bits per heavy atom. The summed E-state index contributed by atoms with van der Waals surface area (Å²) in [4.78, 5) is 0. The van der Waals surface area contributed by atoms with Crippen molar-refractivity contribution in [2.24, 2.45) is 0 Å². The molecule has 0 aromatic carbocycles. The van der Waals surface area contributed by atoms with Gasteiger partial charge in [0.2, 0.25) is 0 Å². The summed E-state index contributed by atoms with van der Waals surface area (Å²) in [7, 11) is 0. The van der Waals surface area contributed by atoms with Crippen LogP contribution in [0.25, 0.3) is 0 Å². The van der Waals surface area contributed by atoms with Crippen molar-refractivity contribution in [3.8, 4) is 0 Å². The van der Waals surface area contributed by atoms with Crippen LogP contribution in [-0.4, -0.2) is 0 Å². The van der Waals surface area contributed by atoms with Crippen LogP contribution in [0, 0.1) is 0 Å². The Morgan fingerprint density at radius 3 is 1.33 bits per heavy atom. The molecule has 0 aliphatic rings. The van der Waals surface area contributed by atoms with Crippen LogP contribution in [0.3, 0.4) is 0 Å². The van der Waals surface area contributed by atoms with Gasteiger partial charge >= 0.3 is 18.9 Å². The monoisotopic (exact) mass is 125 g/mol. The maximum Gasteiger partial charge on any atom is 1.00 e. The molecule has 0 heterocycles. The maximum atomic E-state index is 3.36. The van der Waals surface area contributed by atoms with E-state index in [4.69, 9.17) is 0 Å². The number of allylic oxidation sites excluding steroid dienone is 2. The van der Waals surface area contributed by atoms with Crippen LogP contribution in [-0.2, 0) is 17.1 Å². The first kappa shape index (κ1) is 16.0. The van der Waals surface area contributed by atoms with Crippen LogP contribution in [0.15, 0.2) is 25.3 Å². The van der Waals surface area contributed by atoms with Gasteiger partial charge in [-0.2, -0.15) is 0 Å². The predicted molar refractivity (Wildman–Crippen MR) is 21.5 cm³/mol. The van der Waals surface area contributed by atoms with E-state index in [1.54, 1.807) is 12.2 Å². The zero-order valence-corrected chi connectivity index (χ0v) is 4.81. The van der Waals surface area contributed by atoms with E-state index in [1.807, 2.05) is 0 Å².